The van der Waals surface area contributed by atoms with Crippen LogP contribution in [0.2, 0.25) is 0 Å². The van der Waals surface area contributed by atoms with Gasteiger partial charge in [-0.15, -0.1) is 0 Å². The average molecular weight is 246 g/mol. The third kappa shape index (κ3) is 2.05. The number of carbonyl (C=O) groups excluding carboxylic acids is 1. The highest BCUT2D eigenvalue weighted by Gasteiger charge is 2.16. The number of fused-ring (bicyclic) bond motifs is 1. The zero-order valence-corrected chi connectivity index (χ0v) is 9.74. The third-order valence-electron chi connectivity index (χ3n) is 2.51. The van der Waals surface area contributed by atoms with Crippen LogP contribution in [-0.4, -0.2) is 14.5 Å². The number of rotatable bonds is 3. The van der Waals surface area contributed by atoms with E-state index in [0.29, 0.717) is 5.39 Å². The number of carbonyl (C=O) groups is 1. The summed E-state index contributed by atoms with van der Waals surface area (Å²) in [5.41, 5.74) is 0.222. The van der Waals surface area contributed by atoms with E-state index in [2.05, 4.69) is 6.58 Å². The van der Waals surface area contributed by atoms with E-state index in [-0.39, 0.29) is 16.2 Å². The molecule has 2 aromatic carbocycles. The van der Waals surface area contributed by atoms with Gasteiger partial charge in [-0.2, -0.15) is 0 Å². The second kappa shape index (κ2) is 4.61. The Morgan fingerprint density at radius 2 is 1.94 bits per heavy atom. The molecule has 1 N–H and O–H groups in total. The molecule has 0 aliphatic heterocycles. The van der Waals surface area contributed by atoms with Gasteiger partial charge in [0.15, 0.2) is 16.9 Å². The Morgan fingerprint density at radius 3 is 2.59 bits per heavy atom. The summed E-state index contributed by atoms with van der Waals surface area (Å²) in [6.45, 7) is 3.39. The molecule has 0 aromatic heterocycles. The molecule has 2 aromatic rings. The Kier molecular flexibility index (Phi) is 3.17. The molecular weight excluding hydrogens is 236 g/mol. The Morgan fingerprint density at radius 1 is 1.24 bits per heavy atom. The van der Waals surface area contributed by atoms with Crippen LogP contribution in [0.15, 0.2) is 53.9 Å². The highest BCUT2D eigenvalue weighted by atomic mass is 32.2. The molecular formula is C13H10O3S. The van der Waals surface area contributed by atoms with Gasteiger partial charge in [-0.25, -0.2) is 4.21 Å². The van der Waals surface area contributed by atoms with E-state index in [4.69, 9.17) is 0 Å². The van der Waals surface area contributed by atoms with Crippen LogP contribution in [0.25, 0.3) is 10.8 Å². The van der Waals surface area contributed by atoms with Crippen LogP contribution in [0.3, 0.4) is 0 Å². The minimum Gasteiger partial charge on any atom is -0.302 e. The SMILES string of the molecule is C=CC(=O)c1ccc2ccccc2c1S(=O)O. The van der Waals surface area contributed by atoms with Gasteiger partial charge in [0.25, 0.3) is 0 Å². The zero-order valence-electron chi connectivity index (χ0n) is 8.92. The molecule has 0 bridgehead atoms. The topological polar surface area (TPSA) is 54.4 Å². The van der Waals surface area contributed by atoms with Gasteiger partial charge in [0.1, 0.15) is 0 Å². The van der Waals surface area contributed by atoms with Crippen LogP contribution < -0.4 is 0 Å². The second-order valence-electron chi connectivity index (χ2n) is 3.48. The van der Waals surface area contributed by atoms with Crippen LogP contribution >= 0.6 is 0 Å². The highest BCUT2D eigenvalue weighted by molar-refractivity contribution is 7.79. The lowest BCUT2D eigenvalue weighted by atomic mass is 10.0. The standard InChI is InChI=1S/C13H10O3S/c1-2-12(14)11-8-7-9-5-3-4-6-10(9)13(11)17(15)16/h2-8H,1H2,(H,15,16). The summed E-state index contributed by atoms with van der Waals surface area (Å²) in [6, 6.07) is 10.5. The van der Waals surface area contributed by atoms with Crippen molar-refractivity contribution in [3.63, 3.8) is 0 Å². The monoisotopic (exact) mass is 246 g/mol. The molecule has 0 saturated carbocycles. The summed E-state index contributed by atoms with van der Waals surface area (Å²) in [7, 11) is 0. The van der Waals surface area contributed by atoms with Crippen LogP contribution in [0.5, 0.6) is 0 Å². The normalized spacial score (nSPS) is 12.3. The first-order valence-corrected chi connectivity index (χ1v) is 6.05. The van der Waals surface area contributed by atoms with E-state index in [1.165, 1.54) is 0 Å². The number of hydrogen-bond donors (Lipinski definition) is 1. The van der Waals surface area contributed by atoms with Crippen molar-refractivity contribution in [1.82, 2.24) is 0 Å². The lowest BCUT2D eigenvalue weighted by molar-refractivity contribution is 0.104. The first-order chi connectivity index (χ1) is 8.15. The predicted octanol–water partition coefficient (Wildman–Crippen LogP) is 2.79. The van der Waals surface area contributed by atoms with Gasteiger partial charge < -0.3 is 4.55 Å². The van der Waals surface area contributed by atoms with Gasteiger partial charge in [0.2, 0.25) is 0 Å². The van der Waals surface area contributed by atoms with Gasteiger partial charge in [-0.1, -0.05) is 36.9 Å². The number of ketones is 1. The molecule has 4 heteroatoms. The minimum atomic E-state index is -2.21. The molecule has 2 rings (SSSR count). The van der Waals surface area contributed by atoms with Crippen molar-refractivity contribution < 1.29 is 13.6 Å². The quantitative estimate of drug-likeness (QED) is 0.514. The highest BCUT2D eigenvalue weighted by Crippen LogP contribution is 2.25. The maximum atomic E-state index is 11.6. The Balaban J connectivity index is 2.86. The maximum Gasteiger partial charge on any atom is 0.187 e. The fraction of sp³-hybridized carbons (Fsp3) is 0. The molecule has 0 amide bonds. The van der Waals surface area contributed by atoms with Crippen LogP contribution in [-0.2, 0) is 11.1 Å². The van der Waals surface area contributed by atoms with Gasteiger partial charge in [-0.05, 0) is 17.5 Å². The van der Waals surface area contributed by atoms with E-state index < -0.39 is 11.1 Å². The predicted molar refractivity (Wildman–Crippen MR) is 67.5 cm³/mol. The summed E-state index contributed by atoms with van der Waals surface area (Å²) in [6.07, 6.45) is 1.14. The summed E-state index contributed by atoms with van der Waals surface area (Å²) in [5, 5.41) is 1.44. The number of allylic oxidation sites excluding steroid dienone is 1. The van der Waals surface area contributed by atoms with Crippen molar-refractivity contribution in [1.29, 1.82) is 0 Å². The molecule has 86 valence electrons. The van der Waals surface area contributed by atoms with Crippen molar-refractivity contribution in [2.75, 3.05) is 0 Å². The smallest absolute Gasteiger partial charge is 0.187 e. The van der Waals surface area contributed by atoms with E-state index in [0.717, 1.165) is 11.5 Å². The molecule has 0 radical (unpaired) electrons. The summed E-state index contributed by atoms with van der Waals surface area (Å²) in [5.74, 6) is -0.354. The fourth-order valence-corrected chi connectivity index (χ4v) is 2.47. The lowest BCUT2D eigenvalue weighted by Crippen LogP contribution is -2.03. The molecule has 1 atom stereocenters. The van der Waals surface area contributed by atoms with E-state index >= 15 is 0 Å². The Labute approximate surface area is 101 Å². The van der Waals surface area contributed by atoms with Crippen molar-refractivity contribution in [2.45, 2.75) is 4.90 Å². The second-order valence-corrected chi connectivity index (χ2v) is 4.39. The molecule has 17 heavy (non-hydrogen) atoms. The first-order valence-electron chi connectivity index (χ1n) is 4.94. The van der Waals surface area contributed by atoms with Crippen molar-refractivity contribution in [3.05, 3.63) is 54.6 Å². The Hall–Kier alpha value is -1.78. The van der Waals surface area contributed by atoms with Gasteiger partial charge in [0, 0.05) is 10.9 Å². The first kappa shape index (κ1) is 11.7. The molecule has 0 saturated heterocycles. The summed E-state index contributed by atoms with van der Waals surface area (Å²) in [4.78, 5) is 11.8. The molecule has 0 spiro atoms. The molecule has 0 aliphatic carbocycles. The number of benzene rings is 2. The number of hydrogen-bond acceptors (Lipinski definition) is 2. The molecule has 0 aliphatic rings. The van der Waals surface area contributed by atoms with E-state index in [9.17, 15) is 13.6 Å². The van der Waals surface area contributed by atoms with Gasteiger partial charge >= 0.3 is 0 Å². The maximum absolute atomic E-state index is 11.6. The fourth-order valence-electron chi connectivity index (χ4n) is 1.74. The summed E-state index contributed by atoms with van der Waals surface area (Å²) < 4.78 is 20.7. The van der Waals surface area contributed by atoms with E-state index in [1.807, 2.05) is 12.1 Å². The molecule has 0 fully saturated rings. The van der Waals surface area contributed by atoms with Gasteiger partial charge in [0.05, 0.1) is 4.90 Å². The van der Waals surface area contributed by atoms with Crippen molar-refractivity contribution >= 4 is 27.6 Å². The Bertz CT molecular complexity index is 632. The van der Waals surface area contributed by atoms with Crippen molar-refractivity contribution in [2.24, 2.45) is 0 Å². The summed E-state index contributed by atoms with van der Waals surface area (Å²) >= 11 is -2.21. The molecule has 0 heterocycles. The molecule has 3 nitrogen and oxygen atoms in total. The lowest BCUT2D eigenvalue weighted by Gasteiger charge is -2.07. The van der Waals surface area contributed by atoms with Crippen LogP contribution in [0, 0.1) is 0 Å². The zero-order chi connectivity index (χ0) is 12.4. The average Bonchev–Trinajstić information content (AvgIpc) is 2.36. The van der Waals surface area contributed by atoms with Crippen molar-refractivity contribution in [3.8, 4) is 0 Å². The van der Waals surface area contributed by atoms with Gasteiger partial charge in [-0.3, -0.25) is 4.79 Å². The third-order valence-corrected chi connectivity index (χ3v) is 3.29. The minimum absolute atomic E-state index is 0.146. The van der Waals surface area contributed by atoms with Crippen LogP contribution in [0.1, 0.15) is 10.4 Å². The van der Waals surface area contributed by atoms with Crippen LogP contribution in [0.4, 0.5) is 0 Å². The van der Waals surface area contributed by atoms with E-state index in [1.54, 1.807) is 24.3 Å². The molecule has 1 unspecified atom stereocenters. The largest absolute Gasteiger partial charge is 0.302 e.